The Morgan fingerprint density at radius 2 is 1.70 bits per heavy atom. The fourth-order valence-electron chi connectivity index (χ4n) is 2.83. The maximum atomic E-state index is 12.0. The lowest BCUT2D eigenvalue weighted by atomic mass is 10.1. The minimum absolute atomic E-state index is 0.143. The summed E-state index contributed by atoms with van der Waals surface area (Å²) in [5.74, 6) is 0.126. The highest BCUT2D eigenvalue weighted by atomic mass is 32.2. The highest BCUT2D eigenvalue weighted by Crippen LogP contribution is 2.28. The molecule has 8 heteroatoms. The van der Waals surface area contributed by atoms with E-state index in [9.17, 15) is 13.2 Å². The first-order chi connectivity index (χ1) is 12.9. The van der Waals surface area contributed by atoms with Crippen LogP contribution < -0.4 is 9.88 Å². The zero-order chi connectivity index (χ0) is 19.7. The minimum atomic E-state index is -3.83. The molecule has 0 saturated carbocycles. The van der Waals surface area contributed by atoms with Gasteiger partial charge in [0.15, 0.2) is 0 Å². The Balaban J connectivity index is 1.71. The van der Waals surface area contributed by atoms with E-state index >= 15 is 0 Å². The largest absolute Gasteiger partial charge is 0.426 e. The summed E-state index contributed by atoms with van der Waals surface area (Å²) in [5, 5.41) is 5.09. The summed E-state index contributed by atoms with van der Waals surface area (Å²) in [6.45, 7) is 2.22. The zero-order valence-corrected chi connectivity index (χ0v) is 17.4. The number of rotatable bonds is 12. The monoisotopic (exact) mass is 412 g/mol. The average molecular weight is 413 g/mol. The highest BCUT2D eigenvalue weighted by Gasteiger charge is 2.15. The number of primary sulfonamides is 1. The number of aromatic nitrogens is 1. The van der Waals surface area contributed by atoms with Gasteiger partial charge in [0.2, 0.25) is 4.34 Å². The van der Waals surface area contributed by atoms with E-state index in [-0.39, 0.29) is 10.3 Å². The predicted molar refractivity (Wildman–Crippen MR) is 108 cm³/mol. The number of ether oxygens (including phenoxy) is 1. The second kappa shape index (κ2) is 10.7. The Morgan fingerprint density at radius 1 is 1.07 bits per heavy atom. The second-order valence-corrected chi connectivity index (χ2v) is 9.47. The van der Waals surface area contributed by atoms with Crippen molar-refractivity contribution in [3.63, 3.8) is 0 Å². The van der Waals surface area contributed by atoms with Crippen LogP contribution in [0.3, 0.4) is 0 Å². The summed E-state index contributed by atoms with van der Waals surface area (Å²) in [6.07, 6.45) is 11.1. The predicted octanol–water partition coefficient (Wildman–Crippen LogP) is 4.77. The molecule has 2 aromatic rings. The van der Waals surface area contributed by atoms with Crippen LogP contribution in [-0.4, -0.2) is 19.4 Å². The SMILES string of the molecule is CCCCCCCCCCCC(=O)Oc1ccc2nc(S(N)(=O)=O)sc2c1. The summed E-state index contributed by atoms with van der Waals surface area (Å²) >= 11 is 0.964. The smallest absolute Gasteiger partial charge is 0.311 e. The van der Waals surface area contributed by atoms with E-state index in [1.807, 2.05) is 0 Å². The molecule has 2 N–H and O–H groups in total. The molecule has 6 nitrogen and oxygen atoms in total. The van der Waals surface area contributed by atoms with Crippen molar-refractivity contribution in [2.45, 2.75) is 75.5 Å². The molecule has 150 valence electrons. The van der Waals surface area contributed by atoms with Crippen LogP contribution in [0.25, 0.3) is 10.2 Å². The van der Waals surface area contributed by atoms with Gasteiger partial charge in [0, 0.05) is 12.5 Å². The first-order valence-corrected chi connectivity index (χ1v) is 11.9. The molecule has 1 heterocycles. The van der Waals surface area contributed by atoms with Gasteiger partial charge in [-0.1, -0.05) is 58.3 Å². The molecular weight excluding hydrogens is 384 g/mol. The Morgan fingerprint density at radius 3 is 2.33 bits per heavy atom. The van der Waals surface area contributed by atoms with Gasteiger partial charge < -0.3 is 4.74 Å². The van der Waals surface area contributed by atoms with E-state index < -0.39 is 10.0 Å². The summed E-state index contributed by atoms with van der Waals surface area (Å²) in [6, 6.07) is 4.86. The lowest BCUT2D eigenvalue weighted by Crippen LogP contribution is -2.11. The standard InChI is InChI=1S/C19H28N2O4S2/c1-2-3-4-5-6-7-8-9-10-11-18(22)25-15-12-13-16-17(14-15)26-19(21-16)27(20,23)24/h12-14H,2-11H2,1H3,(H2,20,23,24). The van der Waals surface area contributed by atoms with Crippen molar-refractivity contribution in [1.82, 2.24) is 4.98 Å². The van der Waals surface area contributed by atoms with Crippen LogP contribution in [-0.2, 0) is 14.8 Å². The molecule has 2 rings (SSSR count). The third-order valence-corrected chi connectivity index (χ3v) is 6.64. The van der Waals surface area contributed by atoms with Gasteiger partial charge in [-0.25, -0.2) is 18.5 Å². The maximum Gasteiger partial charge on any atom is 0.311 e. The van der Waals surface area contributed by atoms with Crippen LogP contribution in [0.2, 0.25) is 0 Å². The quantitative estimate of drug-likeness (QED) is 0.307. The number of fused-ring (bicyclic) bond motifs is 1. The van der Waals surface area contributed by atoms with E-state index in [1.165, 1.54) is 38.5 Å². The molecule has 0 bridgehead atoms. The van der Waals surface area contributed by atoms with Crippen molar-refractivity contribution in [2.75, 3.05) is 0 Å². The van der Waals surface area contributed by atoms with Crippen molar-refractivity contribution < 1.29 is 17.9 Å². The van der Waals surface area contributed by atoms with Crippen molar-refractivity contribution in [3.8, 4) is 5.75 Å². The number of carbonyl (C=O) groups excluding carboxylic acids is 1. The van der Waals surface area contributed by atoms with Crippen LogP contribution in [0, 0.1) is 0 Å². The molecule has 1 aromatic carbocycles. The molecule has 0 unspecified atom stereocenters. The normalized spacial score (nSPS) is 11.8. The van der Waals surface area contributed by atoms with Gasteiger partial charge in [0.25, 0.3) is 10.0 Å². The molecule has 0 radical (unpaired) electrons. The zero-order valence-electron chi connectivity index (χ0n) is 15.8. The number of unbranched alkanes of at least 4 members (excludes halogenated alkanes) is 8. The number of carbonyl (C=O) groups is 1. The third-order valence-electron chi connectivity index (χ3n) is 4.30. The molecule has 0 aliphatic carbocycles. The molecule has 0 amide bonds. The molecule has 0 spiro atoms. The van der Waals surface area contributed by atoms with E-state index in [0.29, 0.717) is 22.4 Å². The fourth-order valence-corrected chi connectivity index (χ4v) is 4.52. The lowest BCUT2D eigenvalue weighted by Gasteiger charge is -2.04. The maximum absolute atomic E-state index is 12.0. The first-order valence-electron chi connectivity index (χ1n) is 9.54. The van der Waals surface area contributed by atoms with Gasteiger partial charge in [-0.05, 0) is 18.6 Å². The van der Waals surface area contributed by atoms with Crippen molar-refractivity contribution in [3.05, 3.63) is 18.2 Å². The Kier molecular flexibility index (Phi) is 8.66. The fraction of sp³-hybridized carbons (Fsp3) is 0.579. The molecule has 27 heavy (non-hydrogen) atoms. The van der Waals surface area contributed by atoms with Crippen LogP contribution in [0.4, 0.5) is 0 Å². The van der Waals surface area contributed by atoms with E-state index in [0.717, 1.165) is 30.6 Å². The summed E-state index contributed by atoms with van der Waals surface area (Å²) < 4.78 is 28.6. The van der Waals surface area contributed by atoms with Gasteiger partial charge in [-0.15, -0.1) is 11.3 Å². The molecular formula is C19H28N2O4S2. The molecule has 0 fully saturated rings. The molecule has 0 atom stereocenters. The second-order valence-electron chi connectivity index (χ2n) is 6.71. The Bertz CT molecular complexity index is 847. The number of hydrogen-bond donors (Lipinski definition) is 1. The molecule has 0 aliphatic heterocycles. The Labute approximate surface area is 165 Å². The number of hydrogen-bond acceptors (Lipinski definition) is 6. The van der Waals surface area contributed by atoms with Crippen LogP contribution in [0.15, 0.2) is 22.5 Å². The number of sulfonamides is 1. The first kappa shape index (κ1) is 21.8. The number of thiazole rings is 1. The molecule has 1 aromatic heterocycles. The average Bonchev–Trinajstić information content (AvgIpc) is 3.04. The summed E-state index contributed by atoms with van der Waals surface area (Å²) in [7, 11) is -3.83. The summed E-state index contributed by atoms with van der Waals surface area (Å²) in [4.78, 5) is 15.9. The van der Waals surface area contributed by atoms with Gasteiger partial charge in [0.1, 0.15) is 5.75 Å². The van der Waals surface area contributed by atoms with Crippen molar-refractivity contribution in [1.29, 1.82) is 0 Å². The van der Waals surface area contributed by atoms with Crippen LogP contribution in [0.1, 0.15) is 71.1 Å². The number of benzene rings is 1. The molecule has 0 saturated heterocycles. The van der Waals surface area contributed by atoms with E-state index in [4.69, 9.17) is 9.88 Å². The number of nitrogens with two attached hydrogens (primary N) is 1. The van der Waals surface area contributed by atoms with E-state index in [2.05, 4.69) is 11.9 Å². The van der Waals surface area contributed by atoms with Crippen LogP contribution in [0.5, 0.6) is 5.75 Å². The topological polar surface area (TPSA) is 99.3 Å². The van der Waals surface area contributed by atoms with Crippen molar-refractivity contribution in [2.24, 2.45) is 5.14 Å². The third kappa shape index (κ3) is 7.56. The van der Waals surface area contributed by atoms with E-state index in [1.54, 1.807) is 18.2 Å². The van der Waals surface area contributed by atoms with Gasteiger partial charge >= 0.3 is 5.97 Å². The van der Waals surface area contributed by atoms with Gasteiger partial charge in [0.05, 0.1) is 10.2 Å². The highest BCUT2D eigenvalue weighted by molar-refractivity contribution is 7.91. The number of esters is 1. The number of nitrogens with zero attached hydrogens (tertiary/aromatic N) is 1. The minimum Gasteiger partial charge on any atom is -0.426 e. The Hall–Kier alpha value is -1.51. The molecule has 0 aliphatic rings. The van der Waals surface area contributed by atoms with Gasteiger partial charge in [-0.3, -0.25) is 4.79 Å². The lowest BCUT2D eigenvalue weighted by molar-refractivity contribution is -0.134. The van der Waals surface area contributed by atoms with Crippen LogP contribution >= 0.6 is 11.3 Å². The van der Waals surface area contributed by atoms with Gasteiger partial charge in [-0.2, -0.15) is 0 Å². The van der Waals surface area contributed by atoms with Crippen molar-refractivity contribution >= 4 is 37.5 Å². The summed E-state index contributed by atoms with van der Waals surface area (Å²) in [5.41, 5.74) is 0.516.